The van der Waals surface area contributed by atoms with Gasteiger partial charge in [-0.15, -0.1) is 11.3 Å². The van der Waals surface area contributed by atoms with E-state index in [-0.39, 0.29) is 25.0 Å². The molecule has 0 saturated carbocycles. The van der Waals surface area contributed by atoms with Crippen LogP contribution in [0.4, 0.5) is 0 Å². The fraction of sp³-hybridized carbons (Fsp3) is 0.381. The maximum atomic E-state index is 12.3. The molecule has 0 atom stereocenters. The summed E-state index contributed by atoms with van der Waals surface area (Å²) in [7, 11) is 0. The van der Waals surface area contributed by atoms with Crippen LogP contribution in [-0.2, 0) is 14.3 Å². The topological polar surface area (TPSA) is 76.2 Å². The fourth-order valence-corrected chi connectivity index (χ4v) is 3.70. The zero-order valence-electron chi connectivity index (χ0n) is 16.6. The van der Waals surface area contributed by atoms with Crippen molar-refractivity contribution in [2.75, 3.05) is 39.4 Å². The van der Waals surface area contributed by atoms with Gasteiger partial charge in [-0.1, -0.05) is 18.2 Å². The maximum absolute atomic E-state index is 12.3. The Hall–Kier alpha value is -2.87. The Kier molecular flexibility index (Phi) is 6.87. The van der Waals surface area contributed by atoms with Gasteiger partial charge >= 0.3 is 5.97 Å². The molecule has 1 aromatic heterocycles. The molecule has 1 aliphatic rings. The lowest BCUT2D eigenvalue weighted by atomic mass is 10.1. The van der Waals surface area contributed by atoms with E-state index in [0.717, 1.165) is 11.1 Å². The van der Waals surface area contributed by atoms with Crippen molar-refractivity contribution in [3.05, 3.63) is 51.7 Å². The molecule has 0 N–H and O–H groups in total. The molecule has 0 aliphatic carbocycles. The number of thiophene rings is 1. The summed E-state index contributed by atoms with van der Waals surface area (Å²) in [6.07, 6.45) is 0. The van der Waals surface area contributed by atoms with Gasteiger partial charge < -0.3 is 19.3 Å². The van der Waals surface area contributed by atoms with Crippen LogP contribution in [0.5, 0.6) is 5.75 Å². The quantitative estimate of drug-likeness (QED) is 0.676. The van der Waals surface area contributed by atoms with Gasteiger partial charge in [0.1, 0.15) is 5.75 Å². The summed E-state index contributed by atoms with van der Waals surface area (Å²) >= 11 is 1.41. The summed E-state index contributed by atoms with van der Waals surface area (Å²) in [5.74, 6) is -0.249. The first kappa shape index (κ1) is 20.9. The average molecular weight is 416 g/mol. The summed E-state index contributed by atoms with van der Waals surface area (Å²) in [5, 5.41) is 1.87. The number of benzene rings is 1. The van der Waals surface area contributed by atoms with E-state index in [1.54, 1.807) is 21.9 Å². The zero-order chi connectivity index (χ0) is 20.8. The molecule has 8 heteroatoms. The molecule has 1 saturated heterocycles. The number of esters is 1. The maximum Gasteiger partial charge on any atom is 0.344 e. The van der Waals surface area contributed by atoms with E-state index in [1.807, 2.05) is 37.4 Å². The first-order valence-corrected chi connectivity index (χ1v) is 10.3. The van der Waals surface area contributed by atoms with Crippen LogP contribution in [0, 0.1) is 13.8 Å². The minimum atomic E-state index is -0.592. The minimum Gasteiger partial charge on any atom is -0.482 e. The molecule has 154 valence electrons. The first-order chi connectivity index (χ1) is 14.0. The highest BCUT2D eigenvalue weighted by Gasteiger charge is 2.25. The summed E-state index contributed by atoms with van der Waals surface area (Å²) in [6, 6.07) is 9.25. The second-order valence-electron chi connectivity index (χ2n) is 6.80. The van der Waals surface area contributed by atoms with Gasteiger partial charge in [0.05, 0.1) is 4.88 Å². The van der Waals surface area contributed by atoms with Gasteiger partial charge in [0.2, 0.25) is 0 Å². The number of carbonyl (C=O) groups is 3. The van der Waals surface area contributed by atoms with Crippen molar-refractivity contribution in [1.29, 1.82) is 0 Å². The van der Waals surface area contributed by atoms with Gasteiger partial charge in [-0.2, -0.15) is 0 Å². The van der Waals surface area contributed by atoms with E-state index in [0.29, 0.717) is 36.8 Å². The molecule has 1 fully saturated rings. The van der Waals surface area contributed by atoms with Gasteiger partial charge in [-0.3, -0.25) is 9.59 Å². The van der Waals surface area contributed by atoms with E-state index in [1.165, 1.54) is 11.3 Å². The molecule has 0 unspecified atom stereocenters. The first-order valence-electron chi connectivity index (χ1n) is 9.41. The predicted octanol–water partition coefficient (Wildman–Crippen LogP) is 2.27. The molecule has 2 heterocycles. The third kappa shape index (κ3) is 5.35. The highest BCUT2D eigenvalue weighted by Crippen LogP contribution is 2.20. The Morgan fingerprint density at radius 3 is 2.38 bits per heavy atom. The van der Waals surface area contributed by atoms with Gasteiger partial charge in [-0.25, -0.2) is 4.79 Å². The summed E-state index contributed by atoms with van der Waals surface area (Å²) in [4.78, 5) is 40.6. The Morgan fingerprint density at radius 1 is 0.966 bits per heavy atom. The second-order valence-corrected chi connectivity index (χ2v) is 7.75. The van der Waals surface area contributed by atoms with Crippen LogP contribution in [0.25, 0.3) is 0 Å². The van der Waals surface area contributed by atoms with E-state index >= 15 is 0 Å². The van der Waals surface area contributed by atoms with Gasteiger partial charge in [0.25, 0.3) is 11.8 Å². The van der Waals surface area contributed by atoms with Crippen LogP contribution in [-0.4, -0.2) is 67.0 Å². The van der Waals surface area contributed by atoms with E-state index in [2.05, 4.69) is 0 Å². The molecule has 2 amide bonds. The molecule has 7 nitrogen and oxygen atoms in total. The number of carbonyl (C=O) groups excluding carboxylic acids is 3. The van der Waals surface area contributed by atoms with Gasteiger partial charge in [0.15, 0.2) is 13.2 Å². The number of hydrogen-bond acceptors (Lipinski definition) is 6. The third-order valence-electron chi connectivity index (χ3n) is 4.91. The highest BCUT2D eigenvalue weighted by molar-refractivity contribution is 7.12. The molecular formula is C21H24N2O5S. The van der Waals surface area contributed by atoms with Crippen LogP contribution < -0.4 is 4.74 Å². The minimum absolute atomic E-state index is 0.0119. The number of hydrogen-bond donors (Lipinski definition) is 0. The Balaban J connectivity index is 1.39. The number of amides is 2. The molecule has 3 rings (SSSR count). The Morgan fingerprint density at radius 2 is 1.69 bits per heavy atom. The fourth-order valence-electron chi connectivity index (χ4n) is 3.01. The lowest BCUT2D eigenvalue weighted by molar-refractivity contribution is -0.154. The highest BCUT2D eigenvalue weighted by atomic mass is 32.1. The average Bonchev–Trinajstić information content (AvgIpc) is 3.27. The van der Waals surface area contributed by atoms with Crippen LogP contribution >= 0.6 is 11.3 Å². The molecule has 2 aromatic rings. The largest absolute Gasteiger partial charge is 0.482 e. The number of ether oxygens (including phenoxy) is 2. The summed E-state index contributed by atoms with van der Waals surface area (Å²) in [5.41, 5.74) is 2.04. The van der Waals surface area contributed by atoms with Crippen molar-refractivity contribution in [3.8, 4) is 5.75 Å². The van der Waals surface area contributed by atoms with Crippen molar-refractivity contribution >= 4 is 29.1 Å². The summed E-state index contributed by atoms with van der Waals surface area (Å²) < 4.78 is 10.5. The third-order valence-corrected chi connectivity index (χ3v) is 5.77. The summed E-state index contributed by atoms with van der Waals surface area (Å²) in [6.45, 7) is 5.08. The molecule has 0 spiro atoms. The van der Waals surface area contributed by atoms with Crippen LogP contribution in [0.15, 0.2) is 35.7 Å². The van der Waals surface area contributed by atoms with Crippen molar-refractivity contribution in [2.45, 2.75) is 13.8 Å². The monoisotopic (exact) mass is 416 g/mol. The Bertz CT molecular complexity index is 873. The van der Waals surface area contributed by atoms with Gasteiger partial charge in [-0.05, 0) is 42.5 Å². The van der Waals surface area contributed by atoms with Crippen LogP contribution in [0.2, 0.25) is 0 Å². The number of aryl methyl sites for hydroxylation is 1. The molecule has 1 aromatic carbocycles. The standard InChI is InChI=1S/C21H24N2O5S/c1-15-5-3-6-17(16(15)2)27-14-20(25)28-13-19(24)22-8-10-23(11-9-22)21(26)18-7-4-12-29-18/h3-7,12H,8-11,13-14H2,1-2H3. The molecule has 0 radical (unpaired) electrons. The zero-order valence-corrected chi connectivity index (χ0v) is 17.4. The SMILES string of the molecule is Cc1cccc(OCC(=O)OCC(=O)N2CCN(C(=O)c3cccs3)CC2)c1C. The predicted molar refractivity (Wildman–Crippen MR) is 109 cm³/mol. The lowest BCUT2D eigenvalue weighted by Crippen LogP contribution is -2.51. The number of nitrogens with zero attached hydrogens (tertiary/aromatic N) is 2. The Labute approximate surface area is 173 Å². The molecule has 1 aliphatic heterocycles. The molecule has 0 bridgehead atoms. The number of piperazine rings is 1. The molecular weight excluding hydrogens is 392 g/mol. The van der Waals surface area contributed by atoms with E-state index < -0.39 is 5.97 Å². The van der Waals surface area contributed by atoms with Crippen molar-refractivity contribution < 1.29 is 23.9 Å². The normalized spacial score (nSPS) is 13.9. The lowest BCUT2D eigenvalue weighted by Gasteiger charge is -2.34. The van der Waals surface area contributed by atoms with E-state index in [9.17, 15) is 14.4 Å². The van der Waals surface area contributed by atoms with Crippen molar-refractivity contribution in [3.63, 3.8) is 0 Å². The van der Waals surface area contributed by atoms with Crippen LogP contribution in [0.1, 0.15) is 20.8 Å². The molecule has 29 heavy (non-hydrogen) atoms. The number of rotatable bonds is 6. The second kappa shape index (κ2) is 9.56. The van der Waals surface area contributed by atoms with Gasteiger partial charge in [0, 0.05) is 26.2 Å². The smallest absolute Gasteiger partial charge is 0.344 e. The van der Waals surface area contributed by atoms with Crippen LogP contribution in [0.3, 0.4) is 0 Å². The van der Waals surface area contributed by atoms with Crippen molar-refractivity contribution in [1.82, 2.24) is 9.80 Å². The van der Waals surface area contributed by atoms with Crippen molar-refractivity contribution in [2.24, 2.45) is 0 Å². The van der Waals surface area contributed by atoms with E-state index in [4.69, 9.17) is 9.47 Å².